The van der Waals surface area contributed by atoms with Gasteiger partial charge in [0, 0.05) is 31.9 Å². The molecule has 0 fully saturated rings. The summed E-state index contributed by atoms with van der Waals surface area (Å²) in [6.45, 7) is 0. The zero-order valence-corrected chi connectivity index (χ0v) is 17.5. The van der Waals surface area contributed by atoms with Crippen molar-refractivity contribution >= 4 is 5.69 Å². The molecule has 0 saturated heterocycles. The Balaban J connectivity index is 2.33. The summed E-state index contributed by atoms with van der Waals surface area (Å²) in [7, 11) is 8.68. The van der Waals surface area contributed by atoms with Crippen LogP contribution in [0.3, 0.4) is 0 Å². The summed E-state index contributed by atoms with van der Waals surface area (Å²) in [5.74, 6) is 1.54. The molecule has 0 amide bonds. The molecule has 152 valence electrons. The Bertz CT molecular complexity index is 929. The zero-order valence-electron chi connectivity index (χ0n) is 17.5. The molecular formula is C24H27NO4. The lowest BCUT2D eigenvalue weighted by Crippen LogP contribution is -2.30. The van der Waals surface area contributed by atoms with Crippen LogP contribution in [0, 0.1) is 0 Å². The minimum Gasteiger partial charge on any atom is -0.496 e. The zero-order chi connectivity index (χ0) is 21.0. The average molecular weight is 393 g/mol. The Morgan fingerprint density at radius 2 is 1.24 bits per heavy atom. The van der Waals surface area contributed by atoms with Crippen molar-refractivity contribution in [2.45, 2.75) is 5.60 Å². The third-order valence-electron chi connectivity index (χ3n) is 5.07. The molecule has 3 aromatic carbocycles. The molecule has 3 aromatic rings. The maximum Gasteiger partial charge on any atom is 0.147 e. The number of hydrogen-bond donors (Lipinski definition) is 1. The summed E-state index contributed by atoms with van der Waals surface area (Å²) in [5, 5.41) is 12.2. The van der Waals surface area contributed by atoms with Crippen molar-refractivity contribution in [2.24, 2.45) is 0 Å². The predicted octanol–water partition coefficient (Wildman–Crippen LogP) is 4.06. The second kappa shape index (κ2) is 8.45. The lowest BCUT2D eigenvalue weighted by atomic mass is 9.79. The normalized spacial score (nSPS) is 12.8. The van der Waals surface area contributed by atoms with Crippen molar-refractivity contribution in [3.8, 4) is 17.2 Å². The molecule has 0 heterocycles. The molecule has 0 aromatic heterocycles. The lowest BCUT2D eigenvalue weighted by Gasteiger charge is -2.33. The van der Waals surface area contributed by atoms with Gasteiger partial charge in [-0.05, 0) is 23.3 Å². The molecule has 3 rings (SSSR count). The number of anilines is 1. The third kappa shape index (κ3) is 3.74. The molecule has 5 nitrogen and oxygen atoms in total. The molecule has 1 atom stereocenters. The summed E-state index contributed by atoms with van der Waals surface area (Å²) in [6.07, 6.45) is 0. The van der Waals surface area contributed by atoms with Gasteiger partial charge in [0.25, 0.3) is 0 Å². The van der Waals surface area contributed by atoms with Crippen LogP contribution in [0.15, 0.2) is 66.7 Å². The van der Waals surface area contributed by atoms with Gasteiger partial charge in [0.1, 0.15) is 22.8 Å². The topological polar surface area (TPSA) is 51.2 Å². The molecule has 0 radical (unpaired) electrons. The quantitative estimate of drug-likeness (QED) is 0.614. The minimum absolute atomic E-state index is 0.476. The first-order chi connectivity index (χ1) is 13.9. The Morgan fingerprint density at radius 3 is 1.69 bits per heavy atom. The van der Waals surface area contributed by atoms with Gasteiger partial charge in [0.15, 0.2) is 0 Å². The molecule has 1 N–H and O–H groups in total. The van der Waals surface area contributed by atoms with Crippen molar-refractivity contribution in [3.05, 3.63) is 83.4 Å². The van der Waals surface area contributed by atoms with Crippen LogP contribution in [0.5, 0.6) is 17.2 Å². The molecule has 0 bridgehead atoms. The van der Waals surface area contributed by atoms with E-state index in [1.165, 1.54) is 0 Å². The fourth-order valence-electron chi connectivity index (χ4n) is 3.50. The number of ether oxygens (including phenoxy) is 3. The molecule has 1 unspecified atom stereocenters. The number of benzene rings is 3. The van der Waals surface area contributed by atoms with Crippen molar-refractivity contribution in [1.82, 2.24) is 0 Å². The van der Waals surface area contributed by atoms with Crippen LogP contribution >= 0.6 is 0 Å². The summed E-state index contributed by atoms with van der Waals surface area (Å²) in [4.78, 5) is 2.01. The van der Waals surface area contributed by atoms with E-state index < -0.39 is 5.60 Å². The summed E-state index contributed by atoms with van der Waals surface area (Å²) in [5.41, 5.74) is 1.48. The molecule has 5 heteroatoms. The summed E-state index contributed by atoms with van der Waals surface area (Å²) < 4.78 is 16.7. The van der Waals surface area contributed by atoms with Crippen LogP contribution in [0.1, 0.15) is 16.7 Å². The SMILES string of the molecule is COc1cc(OC)c(C(O)(c2ccccc2)c2ccc(N(C)C)cc2)c(OC)c1. The smallest absolute Gasteiger partial charge is 0.147 e. The highest BCUT2D eigenvalue weighted by molar-refractivity contribution is 5.62. The molecule has 0 spiro atoms. The van der Waals surface area contributed by atoms with E-state index in [1.807, 2.05) is 73.6 Å². The van der Waals surface area contributed by atoms with E-state index in [0.717, 1.165) is 5.69 Å². The molecular weight excluding hydrogens is 366 g/mol. The minimum atomic E-state index is -1.49. The highest BCUT2D eigenvalue weighted by atomic mass is 16.5. The van der Waals surface area contributed by atoms with Crippen LogP contribution in [-0.4, -0.2) is 40.5 Å². The number of aliphatic hydroxyl groups is 1. The first-order valence-electron chi connectivity index (χ1n) is 9.32. The van der Waals surface area contributed by atoms with Crippen molar-refractivity contribution in [2.75, 3.05) is 40.3 Å². The maximum atomic E-state index is 12.2. The van der Waals surface area contributed by atoms with Gasteiger partial charge in [-0.15, -0.1) is 0 Å². The second-order valence-corrected chi connectivity index (χ2v) is 6.92. The largest absolute Gasteiger partial charge is 0.496 e. The van der Waals surface area contributed by atoms with Crippen LogP contribution < -0.4 is 19.1 Å². The van der Waals surface area contributed by atoms with E-state index >= 15 is 0 Å². The molecule has 29 heavy (non-hydrogen) atoms. The van der Waals surface area contributed by atoms with Crippen molar-refractivity contribution in [1.29, 1.82) is 0 Å². The van der Waals surface area contributed by atoms with Gasteiger partial charge in [-0.3, -0.25) is 0 Å². The Hall–Kier alpha value is -3.18. The van der Waals surface area contributed by atoms with Crippen molar-refractivity contribution in [3.63, 3.8) is 0 Å². The standard InChI is InChI=1S/C24H27NO4/c1-25(2)19-13-11-18(12-14-19)24(26,17-9-7-6-8-10-17)23-21(28-4)15-20(27-3)16-22(23)29-5/h6-16,26H,1-5H3. The highest BCUT2D eigenvalue weighted by Crippen LogP contribution is 2.47. The van der Waals surface area contributed by atoms with E-state index in [4.69, 9.17) is 14.2 Å². The molecule has 0 aliphatic rings. The van der Waals surface area contributed by atoms with Gasteiger partial charge in [0.2, 0.25) is 0 Å². The average Bonchev–Trinajstić information content (AvgIpc) is 2.78. The Morgan fingerprint density at radius 1 is 0.724 bits per heavy atom. The van der Waals surface area contributed by atoms with Gasteiger partial charge in [-0.2, -0.15) is 0 Å². The van der Waals surface area contributed by atoms with Crippen LogP contribution in [-0.2, 0) is 5.60 Å². The van der Waals surface area contributed by atoms with E-state index in [-0.39, 0.29) is 0 Å². The molecule has 0 saturated carbocycles. The Kier molecular flexibility index (Phi) is 5.99. The third-order valence-corrected chi connectivity index (χ3v) is 5.07. The lowest BCUT2D eigenvalue weighted by molar-refractivity contribution is 0.118. The van der Waals surface area contributed by atoms with Gasteiger partial charge in [-0.25, -0.2) is 0 Å². The monoisotopic (exact) mass is 393 g/mol. The van der Waals surface area contributed by atoms with Gasteiger partial charge in [-0.1, -0.05) is 42.5 Å². The fraction of sp³-hybridized carbons (Fsp3) is 0.250. The maximum absolute atomic E-state index is 12.2. The van der Waals surface area contributed by atoms with Crippen molar-refractivity contribution < 1.29 is 19.3 Å². The molecule has 0 aliphatic heterocycles. The van der Waals surface area contributed by atoms with Gasteiger partial charge in [0.05, 0.1) is 26.9 Å². The number of rotatable bonds is 7. The second-order valence-electron chi connectivity index (χ2n) is 6.92. The predicted molar refractivity (Wildman–Crippen MR) is 115 cm³/mol. The van der Waals surface area contributed by atoms with Gasteiger partial charge >= 0.3 is 0 Å². The van der Waals surface area contributed by atoms with Crippen LogP contribution in [0.2, 0.25) is 0 Å². The van der Waals surface area contributed by atoms with E-state index in [0.29, 0.717) is 33.9 Å². The molecule has 0 aliphatic carbocycles. The first-order valence-corrected chi connectivity index (χ1v) is 9.32. The fourth-order valence-corrected chi connectivity index (χ4v) is 3.50. The Labute approximate surface area is 172 Å². The first kappa shape index (κ1) is 20.6. The van der Waals surface area contributed by atoms with Crippen LogP contribution in [0.4, 0.5) is 5.69 Å². The summed E-state index contributed by atoms with van der Waals surface area (Å²) >= 11 is 0. The number of nitrogens with zero attached hydrogens (tertiary/aromatic N) is 1. The van der Waals surface area contributed by atoms with Crippen LogP contribution in [0.25, 0.3) is 0 Å². The van der Waals surface area contributed by atoms with E-state index in [2.05, 4.69) is 0 Å². The highest BCUT2D eigenvalue weighted by Gasteiger charge is 2.39. The van der Waals surface area contributed by atoms with Gasteiger partial charge < -0.3 is 24.2 Å². The number of methoxy groups -OCH3 is 3. The summed E-state index contributed by atoms with van der Waals surface area (Å²) in [6, 6.07) is 20.8. The number of hydrogen-bond acceptors (Lipinski definition) is 5. The van der Waals surface area contributed by atoms with E-state index in [9.17, 15) is 5.11 Å². The van der Waals surface area contributed by atoms with E-state index in [1.54, 1.807) is 33.5 Å².